The topological polar surface area (TPSA) is 38.7 Å². The van der Waals surface area contributed by atoms with Crippen LogP contribution in [0.5, 0.6) is 5.75 Å². The Morgan fingerprint density at radius 3 is 1.67 bits per heavy atom. The van der Waals surface area contributed by atoms with Crippen LogP contribution in [0.1, 0.15) is 64.7 Å². The van der Waals surface area contributed by atoms with Crippen molar-refractivity contribution in [1.82, 2.24) is 0 Å². The van der Waals surface area contributed by atoms with Gasteiger partial charge in [0, 0.05) is 14.2 Å². The molecule has 1 aromatic carbocycles. The molecule has 0 saturated carbocycles. The highest BCUT2D eigenvalue weighted by Crippen LogP contribution is 2.40. The van der Waals surface area contributed by atoms with Crippen LogP contribution in [0.4, 0.5) is 0 Å². The van der Waals surface area contributed by atoms with E-state index in [9.17, 15) is 5.11 Å². The second-order valence-corrected chi connectivity index (χ2v) is 12.5. The molecule has 1 N–H and O–H groups in total. The zero-order valence-corrected chi connectivity index (χ0v) is 18.0. The first kappa shape index (κ1) is 21.2. The minimum Gasteiger partial charge on any atom is -0.507 e. The Morgan fingerprint density at radius 1 is 0.917 bits per heavy atom. The van der Waals surface area contributed by atoms with Crippen LogP contribution in [-0.2, 0) is 26.1 Å². The normalized spacial score (nSPS) is 13.4. The first-order chi connectivity index (χ1) is 10.8. The zero-order chi connectivity index (χ0) is 18.8. The van der Waals surface area contributed by atoms with Gasteiger partial charge in [0.25, 0.3) is 0 Å². The van der Waals surface area contributed by atoms with Gasteiger partial charge in [-0.25, -0.2) is 0 Å². The fourth-order valence-electron chi connectivity index (χ4n) is 2.88. The molecule has 1 aromatic rings. The van der Waals surface area contributed by atoms with Crippen LogP contribution in [-0.4, -0.2) is 27.9 Å². The van der Waals surface area contributed by atoms with Gasteiger partial charge in [0.2, 0.25) is 0 Å². The Bertz CT molecular complexity index is 514. The number of aromatic hydroxyl groups is 1. The van der Waals surface area contributed by atoms with E-state index in [0.29, 0.717) is 5.75 Å². The Balaban J connectivity index is 3.12. The van der Waals surface area contributed by atoms with E-state index in [1.54, 1.807) is 14.2 Å². The number of rotatable bonds is 6. The van der Waals surface area contributed by atoms with Gasteiger partial charge in [0.15, 0.2) is 0 Å². The Kier molecular flexibility index (Phi) is 6.70. The molecular weight excluding hydrogens is 316 g/mol. The van der Waals surface area contributed by atoms with Gasteiger partial charge in [0.05, 0.1) is 0 Å². The third-order valence-corrected chi connectivity index (χ3v) is 7.73. The molecule has 4 heteroatoms. The molecule has 0 saturated heterocycles. The molecule has 24 heavy (non-hydrogen) atoms. The summed E-state index contributed by atoms with van der Waals surface area (Å²) in [5.41, 5.74) is 3.18. The molecule has 0 aliphatic carbocycles. The highest BCUT2D eigenvalue weighted by atomic mass is 28.4. The van der Waals surface area contributed by atoms with Gasteiger partial charge < -0.3 is 14.0 Å². The smallest absolute Gasteiger partial charge is 0.334 e. The van der Waals surface area contributed by atoms with E-state index < -0.39 is 8.56 Å². The zero-order valence-electron chi connectivity index (χ0n) is 17.0. The molecule has 0 radical (unpaired) electrons. The van der Waals surface area contributed by atoms with Crippen LogP contribution >= 0.6 is 0 Å². The molecule has 0 aliphatic heterocycles. The monoisotopic (exact) mass is 352 g/mol. The van der Waals surface area contributed by atoms with E-state index in [4.69, 9.17) is 8.85 Å². The molecule has 0 aliphatic rings. The van der Waals surface area contributed by atoms with E-state index in [1.807, 2.05) is 0 Å². The lowest BCUT2D eigenvalue weighted by molar-refractivity contribution is 0.248. The SMILES string of the molecule is CO[Si](C)(CCCc1cc(C(C)(C)C)c(O)c(C(C)(C)C)c1)OC. The second kappa shape index (κ2) is 7.59. The van der Waals surface area contributed by atoms with Crippen molar-refractivity contribution in [2.45, 2.75) is 77.8 Å². The first-order valence-corrected chi connectivity index (χ1v) is 11.3. The summed E-state index contributed by atoms with van der Waals surface area (Å²) in [6.45, 7) is 15.0. The number of phenols is 1. The number of hydrogen-bond acceptors (Lipinski definition) is 3. The molecule has 0 spiro atoms. The van der Waals surface area contributed by atoms with Crippen LogP contribution in [0.2, 0.25) is 12.6 Å². The van der Waals surface area contributed by atoms with Crippen molar-refractivity contribution in [2.24, 2.45) is 0 Å². The van der Waals surface area contributed by atoms with Gasteiger partial charge >= 0.3 is 8.56 Å². The molecule has 1 rings (SSSR count). The van der Waals surface area contributed by atoms with Crippen molar-refractivity contribution < 1.29 is 14.0 Å². The van der Waals surface area contributed by atoms with Crippen molar-refractivity contribution in [3.05, 3.63) is 28.8 Å². The predicted molar refractivity (Wildman–Crippen MR) is 104 cm³/mol. The molecule has 3 nitrogen and oxygen atoms in total. The third kappa shape index (κ3) is 5.33. The maximum absolute atomic E-state index is 10.8. The van der Waals surface area contributed by atoms with E-state index in [2.05, 4.69) is 60.2 Å². The Labute approximate surface area is 149 Å². The fourth-order valence-corrected chi connectivity index (χ4v) is 4.28. The lowest BCUT2D eigenvalue weighted by Crippen LogP contribution is -2.35. The van der Waals surface area contributed by atoms with Crippen LogP contribution in [0, 0.1) is 0 Å². The molecule has 0 bridgehead atoms. The summed E-state index contributed by atoms with van der Waals surface area (Å²) in [4.78, 5) is 0. The van der Waals surface area contributed by atoms with E-state index in [-0.39, 0.29) is 10.8 Å². The van der Waals surface area contributed by atoms with Gasteiger partial charge in [-0.15, -0.1) is 0 Å². The predicted octanol–water partition coefficient (Wildman–Crippen LogP) is 5.28. The van der Waals surface area contributed by atoms with Crippen LogP contribution in [0.25, 0.3) is 0 Å². The van der Waals surface area contributed by atoms with Gasteiger partial charge in [-0.1, -0.05) is 53.7 Å². The molecule has 0 atom stereocenters. The maximum atomic E-state index is 10.8. The lowest BCUT2D eigenvalue weighted by atomic mass is 9.78. The first-order valence-electron chi connectivity index (χ1n) is 8.81. The standard InChI is InChI=1S/C20H36O3Si/c1-19(2,3)16-13-15(11-10-12-24(9,22-7)23-8)14-17(18(16)21)20(4,5)6/h13-14,21H,10-12H2,1-9H3. The Hall–Kier alpha value is -0.843. The van der Waals surface area contributed by atoms with Crippen molar-refractivity contribution >= 4 is 8.56 Å². The molecule has 138 valence electrons. The van der Waals surface area contributed by atoms with E-state index in [1.165, 1.54) is 5.56 Å². The molecule has 0 fully saturated rings. The van der Waals surface area contributed by atoms with Crippen LogP contribution in [0.15, 0.2) is 12.1 Å². The number of aryl methyl sites for hydroxylation is 1. The summed E-state index contributed by atoms with van der Waals surface area (Å²) in [7, 11) is 1.47. The summed E-state index contributed by atoms with van der Waals surface area (Å²) in [6, 6.07) is 5.31. The van der Waals surface area contributed by atoms with Crippen LogP contribution in [0.3, 0.4) is 0 Å². The summed E-state index contributed by atoms with van der Waals surface area (Å²) in [5.74, 6) is 0.451. The van der Waals surface area contributed by atoms with Gasteiger partial charge in [0.1, 0.15) is 5.75 Å². The summed E-state index contributed by atoms with van der Waals surface area (Å²) >= 11 is 0. The molecular formula is C20H36O3Si. The van der Waals surface area contributed by atoms with Crippen molar-refractivity contribution in [2.75, 3.05) is 14.2 Å². The van der Waals surface area contributed by atoms with Gasteiger partial charge in [-0.2, -0.15) is 0 Å². The Morgan fingerprint density at radius 2 is 1.33 bits per heavy atom. The highest BCUT2D eigenvalue weighted by Gasteiger charge is 2.29. The lowest BCUT2D eigenvalue weighted by Gasteiger charge is -2.28. The maximum Gasteiger partial charge on any atom is 0.334 e. The fraction of sp³-hybridized carbons (Fsp3) is 0.700. The minimum absolute atomic E-state index is 0.0809. The third-order valence-electron chi connectivity index (χ3n) is 4.75. The van der Waals surface area contributed by atoms with Crippen molar-refractivity contribution in [3.63, 3.8) is 0 Å². The largest absolute Gasteiger partial charge is 0.507 e. The number of hydrogen-bond donors (Lipinski definition) is 1. The van der Waals surface area contributed by atoms with E-state index in [0.717, 1.165) is 30.0 Å². The van der Waals surface area contributed by atoms with E-state index >= 15 is 0 Å². The molecule has 0 aromatic heterocycles. The molecule has 0 unspecified atom stereocenters. The minimum atomic E-state index is -2.01. The summed E-state index contributed by atoms with van der Waals surface area (Å²) in [5, 5.41) is 10.8. The second-order valence-electron chi connectivity index (χ2n) is 8.94. The number of phenolic OH excluding ortho intramolecular Hbond substituents is 1. The van der Waals surface area contributed by atoms with Gasteiger partial charge in [-0.05, 0) is 53.0 Å². The summed E-state index contributed by atoms with van der Waals surface area (Å²) < 4.78 is 11.2. The van der Waals surface area contributed by atoms with Crippen molar-refractivity contribution in [3.8, 4) is 5.75 Å². The quantitative estimate of drug-likeness (QED) is 0.707. The average molecular weight is 353 g/mol. The molecule has 0 amide bonds. The van der Waals surface area contributed by atoms with Crippen molar-refractivity contribution in [1.29, 1.82) is 0 Å². The average Bonchev–Trinajstić information content (AvgIpc) is 2.46. The number of benzene rings is 1. The van der Waals surface area contributed by atoms with Gasteiger partial charge in [-0.3, -0.25) is 0 Å². The highest BCUT2D eigenvalue weighted by molar-refractivity contribution is 6.65. The summed E-state index contributed by atoms with van der Waals surface area (Å²) in [6.07, 6.45) is 2.00. The van der Waals surface area contributed by atoms with Crippen LogP contribution < -0.4 is 0 Å². The molecule has 0 heterocycles.